The fraction of sp³-hybridized carbons (Fsp3) is 0.250. The van der Waals surface area contributed by atoms with Crippen molar-refractivity contribution < 1.29 is 23.7 Å². The summed E-state index contributed by atoms with van der Waals surface area (Å²) in [6.07, 6.45) is -0.938. The largest absolute Gasteiger partial charge is 0.494 e. The van der Waals surface area contributed by atoms with Gasteiger partial charge >= 0.3 is 0 Å². The first-order valence-corrected chi connectivity index (χ1v) is 11.2. The molecule has 1 unspecified atom stereocenters. The number of aliphatic hydroxyl groups is 1. The molecule has 4 aromatic rings. The second-order valence-corrected chi connectivity index (χ2v) is 8.12. The Balaban J connectivity index is 1.73. The molecule has 0 spiro atoms. The molecular weight excluding hydrogens is 442 g/mol. The van der Waals surface area contributed by atoms with Crippen molar-refractivity contribution in [1.29, 1.82) is 0 Å². The number of benzene rings is 2. The first-order valence-electron chi connectivity index (χ1n) is 10.2. The third-order valence-corrected chi connectivity index (χ3v) is 6.08. The van der Waals surface area contributed by atoms with Gasteiger partial charge in [0.05, 0.1) is 14.2 Å². The number of furan rings is 1. The summed E-state index contributed by atoms with van der Waals surface area (Å²) in [5.41, 5.74) is 2.45. The van der Waals surface area contributed by atoms with Gasteiger partial charge in [0.25, 0.3) is 0 Å². The van der Waals surface area contributed by atoms with Gasteiger partial charge in [-0.25, -0.2) is 0 Å². The highest BCUT2D eigenvalue weighted by molar-refractivity contribution is 7.98. The Morgan fingerprint density at radius 3 is 2.24 bits per heavy atom. The highest BCUT2D eigenvalue weighted by atomic mass is 32.2. The third-order valence-electron chi connectivity index (χ3n) is 5.08. The van der Waals surface area contributed by atoms with E-state index in [9.17, 15) is 5.11 Å². The molecule has 8 nitrogen and oxygen atoms in total. The lowest BCUT2D eigenvalue weighted by Crippen LogP contribution is -2.05. The summed E-state index contributed by atoms with van der Waals surface area (Å²) in [6, 6.07) is 16.9. The molecular formula is C24H25N3O5S. The van der Waals surface area contributed by atoms with E-state index in [4.69, 9.17) is 18.6 Å². The van der Waals surface area contributed by atoms with Crippen molar-refractivity contribution in [3.05, 3.63) is 71.5 Å². The van der Waals surface area contributed by atoms with Gasteiger partial charge in [-0.1, -0.05) is 42.1 Å². The van der Waals surface area contributed by atoms with Crippen LogP contribution in [-0.4, -0.2) is 41.2 Å². The Morgan fingerprint density at radius 1 is 0.970 bits per heavy atom. The van der Waals surface area contributed by atoms with Gasteiger partial charge in [-0.15, -0.1) is 10.2 Å². The molecule has 0 radical (unpaired) electrons. The smallest absolute Gasteiger partial charge is 0.205 e. The lowest BCUT2D eigenvalue weighted by atomic mass is 10.1. The van der Waals surface area contributed by atoms with Crippen molar-refractivity contribution in [2.45, 2.75) is 24.1 Å². The highest BCUT2D eigenvalue weighted by Crippen LogP contribution is 2.39. The number of nitrogens with zero attached hydrogens (tertiary/aromatic N) is 3. The van der Waals surface area contributed by atoms with Crippen molar-refractivity contribution in [3.63, 3.8) is 0 Å². The Labute approximate surface area is 196 Å². The second-order valence-electron chi connectivity index (χ2n) is 7.18. The number of thioether (sulfide) groups is 1. The SMILES string of the molecule is COc1cccc(OC)c1-n1c(SCc2ccc(C(O)OC)cc2)nnc1-c1ccc(C)o1. The number of methoxy groups -OCH3 is 3. The molecule has 9 heteroatoms. The van der Waals surface area contributed by atoms with Gasteiger partial charge in [-0.05, 0) is 36.8 Å². The van der Waals surface area contributed by atoms with E-state index < -0.39 is 6.29 Å². The van der Waals surface area contributed by atoms with E-state index >= 15 is 0 Å². The molecule has 0 bridgehead atoms. The number of rotatable bonds is 9. The molecule has 0 fully saturated rings. The van der Waals surface area contributed by atoms with Crippen LogP contribution in [0, 0.1) is 6.92 Å². The molecule has 0 saturated carbocycles. The molecule has 2 aromatic carbocycles. The highest BCUT2D eigenvalue weighted by Gasteiger charge is 2.24. The summed E-state index contributed by atoms with van der Waals surface area (Å²) >= 11 is 1.52. The molecule has 1 atom stereocenters. The molecule has 0 aliphatic carbocycles. The molecule has 0 aliphatic rings. The quantitative estimate of drug-likeness (QED) is 0.278. The van der Waals surface area contributed by atoms with E-state index in [-0.39, 0.29) is 0 Å². The fourth-order valence-electron chi connectivity index (χ4n) is 3.39. The molecule has 2 heterocycles. The van der Waals surface area contributed by atoms with E-state index in [0.717, 1.165) is 11.3 Å². The number of aryl methyl sites for hydroxylation is 1. The molecule has 0 amide bonds. The first-order chi connectivity index (χ1) is 16.0. The number of hydrogen-bond donors (Lipinski definition) is 1. The maximum Gasteiger partial charge on any atom is 0.205 e. The van der Waals surface area contributed by atoms with E-state index in [1.54, 1.807) is 14.2 Å². The molecule has 172 valence electrons. The minimum atomic E-state index is -0.938. The van der Waals surface area contributed by atoms with Crippen molar-refractivity contribution >= 4 is 11.8 Å². The average molecular weight is 468 g/mol. The summed E-state index contributed by atoms with van der Waals surface area (Å²) < 4.78 is 24.0. The van der Waals surface area contributed by atoms with E-state index in [1.165, 1.54) is 18.9 Å². The van der Waals surface area contributed by atoms with Crippen LogP contribution in [0.1, 0.15) is 23.2 Å². The predicted octanol–water partition coefficient (Wildman–Crippen LogP) is 4.78. The maximum atomic E-state index is 9.82. The summed E-state index contributed by atoms with van der Waals surface area (Å²) in [7, 11) is 4.69. The fourth-order valence-corrected chi connectivity index (χ4v) is 4.29. The number of ether oxygens (including phenoxy) is 3. The van der Waals surface area contributed by atoms with Gasteiger partial charge in [0.2, 0.25) is 5.82 Å². The number of aliphatic hydroxyl groups excluding tert-OH is 1. The van der Waals surface area contributed by atoms with Crippen LogP contribution < -0.4 is 9.47 Å². The van der Waals surface area contributed by atoms with Crippen LogP contribution in [0.25, 0.3) is 17.3 Å². The van der Waals surface area contributed by atoms with Crippen molar-refractivity contribution in [3.8, 4) is 28.8 Å². The molecule has 0 aliphatic heterocycles. The predicted molar refractivity (Wildman–Crippen MR) is 125 cm³/mol. The van der Waals surface area contributed by atoms with Gasteiger partial charge in [0.1, 0.15) is 22.9 Å². The molecule has 4 rings (SSSR count). The summed E-state index contributed by atoms with van der Waals surface area (Å²) in [5.74, 6) is 3.80. The Kier molecular flexibility index (Phi) is 7.02. The topological polar surface area (TPSA) is 91.8 Å². The van der Waals surface area contributed by atoms with Crippen molar-refractivity contribution in [2.75, 3.05) is 21.3 Å². The second kappa shape index (κ2) is 10.1. The number of hydrogen-bond acceptors (Lipinski definition) is 8. The molecule has 2 aromatic heterocycles. The zero-order valence-corrected chi connectivity index (χ0v) is 19.6. The first kappa shape index (κ1) is 22.9. The maximum absolute atomic E-state index is 9.82. The zero-order valence-electron chi connectivity index (χ0n) is 18.8. The Morgan fingerprint density at radius 2 is 1.67 bits per heavy atom. The summed E-state index contributed by atoms with van der Waals surface area (Å²) in [4.78, 5) is 0. The van der Waals surface area contributed by atoms with Crippen LogP contribution in [0.4, 0.5) is 0 Å². The van der Waals surface area contributed by atoms with Gasteiger partial charge in [0, 0.05) is 18.4 Å². The Bertz CT molecular complexity index is 1200. The summed E-state index contributed by atoms with van der Waals surface area (Å²) in [5, 5.41) is 19.3. The minimum absolute atomic E-state index is 0.548. The lowest BCUT2D eigenvalue weighted by molar-refractivity contribution is -0.0769. The standard InChI is InChI=1S/C24H25N3O5S/c1-15-8-13-20(32-15)22-25-26-24(27(22)21-18(29-2)6-5-7-19(21)30-3)33-14-16-9-11-17(12-10-16)23(28)31-4/h5-13,23,28H,14H2,1-4H3. The van der Waals surface area contributed by atoms with Crippen LogP contribution in [0.3, 0.4) is 0 Å². The van der Waals surface area contributed by atoms with Gasteiger partial charge in [0.15, 0.2) is 17.2 Å². The van der Waals surface area contributed by atoms with Crippen LogP contribution in [0.2, 0.25) is 0 Å². The van der Waals surface area contributed by atoms with Crippen LogP contribution in [0.5, 0.6) is 11.5 Å². The zero-order chi connectivity index (χ0) is 23.4. The number of aromatic nitrogens is 3. The lowest BCUT2D eigenvalue weighted by Gasteiger charge is -2.16. The third kappa shape index (κ3) is 4.75. The van der Waals surface area contributed by atoms with E-state index in [2.05, 4.69) is 10.2 Å². The minimum Gasteiger partial charge on any atom is -0.494 e. The molecule has 1 N–H and O–H groups in total. The summed E-state index contributed by atoms with van der Waals surface area (Å²) in [6.45, 7) is 1.88. The van der Waals surface area contributed by atoms with Crippen LogP contribution in [0.15, 0.2) is 64.2 Å². The van der Waals surface area contributed by atoms with Gasteiger partial charge in [-0.2, -0.15) is 0 Å². The van der Waals surface area contributed by atoms with Crippen LogP contribution in [-0.2, 0) is 10.5 Å². The van der Waals surface area contributed by atoms with Crippen LogP contribution >= 0.6 is 11.8 Å². The normalized spacial score (nSPS) is 12.0. The monoisotopic (exact) mass is 467 g/mol. The van der Waals surface area contributed by atoms with Crippen molar-refractivity contribution in [2.24, 2.45) is 0 Å². The number of para-hydroxylation sites is 1. The van der Waals surface area contributed by atoms with Gasteiger partial charge in [-0.3, -0.25) is 4.57 Å². The van der Waals surface area contributed by atoms with Gasteiger partial charge < -0.3 is 23.7 Å². The molecule has 0 saturated heterocycles. The Hall–Kier alpha value is -3.27. The average Bonchev–Trinajstić information content (AvgIpc) is 3.47. The van der Waals surface area contributed by atoms with Crippen molar-refractivity contribution in [1.82, 2.24) is 14.8 Å². The van der Waals surface area contributed by atoms with E-state index in [0.29, 0.717) is 45.2 Å². The molecule has 33 heavy (non-hydrogen) atoms. The van der Waals surface area contributed by atoms with E-state index in [1.807, 2.05) is 66.1 Å².